The van der Waals surface area contributed by atoms with E-state index >= 15 is 0 Å². The third-order valence-electron chi connectivity index (χ3n) is 1.87. The van der Waals surface area contributed by atoms with E-state index in [4.69, 9.17) is 9.84 Å². The molecule has 0 spiro atoms. The maximum absolute atomic E-state index is 8.93. The topological polar surface area (TPSA) is 29.5 Å². The summed E-state index contributed by atoms with van der Waals surface area (Å²) in [4.78, 5) is 0. The van der Waals surface area contributed by atoms with E-state index in [1.165, 1.54) is 0 Å². The summed E-state index contributed by atoms with van der Waals surface area (Å²) in [5.74, 6) is 2.96. The fourth-order valence-corrected chi connectivity index (χ4v) is 2.15. The standard InChI is InChI=1S/C11H15BrO2S/c1-2-15-6-5-14-11-4-3-9(8-13)7-10(11)12/h3-4,7,13H,2,5-6,8H2,1H3. The first-order valence-electron chi connectivity index (χ1n) is 4.87. The van der Waals surface area contributed by atoms with E-state index in [-0.39, 0.29) is 6.61 Å². The van der Waals surface area contributed by atoms with Crippen molar-refractivity contribution in [3.8, 4) is 5.75 Å². The molecule has 4 heteroatoms. The second-order valence-electron chi connectivity index (χ2n) is 2.97. The van der Waals surface area contributed by atoms with Crippen molar-refractivity contribution in [1.82, 2.24) is 0 Å². The van der Waals surface area contributed by atoms with Crippen LogP contribution in [0, 0.1) is 0 Å². The van der Waals surface area contributed by atoms with Crippen molar-refractivity contribution in [3.05, 3.63) is 28.2 Å². The highest BCUT2D eigenvalue weighted by Crippen LogP contribution is 2.26. The van der Waals surface area contributed by atoms with Gasteiger partial charge in [-0.2, -0.15) is 11.8 Å². The summed E-state index contributed by atoms with van der Waals surface area (Å²) in [6.07, 6.45) is 0. The van der Waals surface area contributed by atoms with Gasteiger partial charge in [-0.15, -0.1) is 0 Å². The van der Waals surface area contributed by atoms with Gasteiger partial charge in [0.05, 0.1) is 17.7 Å². The van der Waals surface area contributed by atoms with Gasteiger partial charge >= 0.3 is 0 Å². The van der Waals surface area contributed by atoms with Crippen LogP contribution in [0.4, 0.5) is 0 Å². The molecule has 1 aromatic carbocycles. The molecule has 2 nitrogen and oxygen atoms in total. The van der Waals surface area contributed by atoms with Crippen LogP contribution in [0.25, 0.3) is 0 Å². The molecule has 0 heterocycles. The van der Waals surface area contributed by atoms with Gasteiger partial charge in [-0.05, 0) is 39.4 Å². The minimum atomic E-state index is 0.0601. The number of aliphatic hydroxyl groups excluding tert-OH is 1. The first-order chi connectivity index (χ1) is 7.27. The maximum atomic E-state index is 8.93. The second-order valence-corrected chi connectivity index (χ2v) is 5.22. The van der Waals surface area contributed by atoms with E-state index in [1.54, 1.807) is 0 Å². The van der Waals surface area contributed by atoms with Crippen LogP contribution in [0.1, 0.15) is 12.5 Å². The highest BCUT2D eigenvalue weighted by molar-refractivity contribution is 9.10. The number of halogens is 1. The molecule has 0 amide bonds. The molecule has 0 aromatic heterocycles. The van der Waals surface area contributed by atoms with Gasteiger partial charge in [0.2, 0.25) is 0 Å². The molecule has 1 N–H and O–H groups in total. The largest absolute Gasteiger partial charge is 0.492 e. The molecule has 0 aliphatic heterocycles. The molecule has 0 fully saturated rings. The maximum Gasteiger partial charge on any atom is 0.133 e. The third-order valence-corrected chi connectivity index (χ3v) is 3.35. The predicted octanol–water partition coefficient (Wildman–Crippen LogP) is 3.07. The van der Waals surface area contributed by atoms with Gasteiger partial charge in [-0.25, -0.2) is 0 Å². The average molecular weight is 291 g/mol. The number of thioether (sulfide) groups is 1. The monoisotopic (exact) mass is 290 g/mol. The highest BCUT2D eigenvalue weighted by Gasteiger charge is 2.01. The molecule has 0 aliphatic rings. The smallest absolute Gasteiger partial charge is 0.133 e. The Morgan fingerprint density at radius 1 is 1.47 bits per heavy atom. The van der Waals surface area contributed by atoms with Crippen LogP contribution in [0.3, 0.4) is 0 Å². The van der Waals surface area contributed by atoms with Crippen LogP contribution in [-0.2, 0) is 6.61 Å². The van der Waals surface area contributed by atoms with E-state index in [0.717, 1.165) is 33.9 Å². The number of rotatable bonds is 6. The van der Waals surface area contributed by atoms with E-state index in [2.05, 4.69) is 22.9 Å². The number of ether oxygens (including phenoxy) is 1. The summed E-state index contributed by atoms with van der Waals surface area (Å²) >= 11 is 5.27. The van der Waals surface area contributed by atoms with Crippen LogP contribution >= 0.6 is 27.7 Å². The molecule has 15 heavy (non-hydrogen) atoms. The molecule has 84 valence electrons. The first-order valence-corrected chi connectivity index (χ1v) is 6.82. The quantitative estimate of drug-likeness (QED) is 0.817. The van der Waals surface area contributed by atoms with Gasteiger partial charge in [0, 0.05) is 5.75 Å². The fourth-order valence-electron chi connectivity index (χ4n) is 1.11. The molecule has 0 aliphatic carbocycles. The third kappa shape index (κ3) is 4.45. The van der Waals surface area contributed by atoms with Crippen LogP contribution in [0.2, 0.25) is 0 Å². The molecular weight excluding hydrogens is 276 g/mol. The summed E-state index contributed by atoms with van der Waals surface area (Å²) in [5, 5.41) is 8.93. The summed E-state index contributed by atoms with van der Waals surface area (Å²) in [6, 6.07) is 5.63. The number of benzene rings is 1. The van der Waals surface area contributed by atoms with Gasteiger partial charge in [0.15, 0.2) is 0 Å². The molecule has 1 rings (SSSR count). The van der Waals surface area contributed by atoms with Gasteiger partial charge < -0.3 is 9.84 Å². The summed E-state index contributed by atoms with van der Waals surface area (Å²) in [6.45, 7) is 2.91. The second kappa shape index (κ2) is 7.14. The van der Waals surface area contributed by atoms with Gasteiger partial charge in [-0.3, -0.25) is 0 Å². The Bertz CT molecular complexity index is 305. The van der Waals surface area contributed by atoms with Gasteiger partial charge in [0.25, 0.3) is 0 Å². The number of aliphatic hydroxyl groups is 1. The molecule has 0 atom stereocenters. The Kier molecular flexibility index (Phi) is 6.13. The lowest BCUT2D eigenvalue weighted by Crippen LogP contribution is -2.01. The number of hydrogen-bond donors (Lipinski definition) is 1. The molecule has 0 saturated carbocycles. The minimum absolute atomic E-state index is 0.0601. The summed E-state index contributed by atoms with van der Waals surface area (Å²) in [7, 11) is 0. The molecule has 1 aromatic rings. The Morgan fingerprint density at radius 3 is 2.87 bits per heavy atom. The molecule has 0 unspecified atom stereocenters. The van der Waals surface area contributed by atoms with Gasteiger partial charge in [-0.1, -0.05) is 13.0 Å². The zero-order valence-electron chi connectivity index (χ0n) is 8.70. The van der Waals surface area contributed by atoms with Crippen molar-refractivity contribution in [1.29, 1.82) is 0 Å². The minimum Gasteiger partial charge on any atom is -0.492 e. The number of hydrogen-bond acceptors (Lipinski definition) is 3. The summed E-state index contributed by atoms with van der Waals surface area (Å²) in [5.41, 5.74) is 0.886. The lowest BCUT2D eigenvalue weighted by atomic mass is 10.2. The van der Waals surface area contributed by atoms with Crippen molar-refractivity contribution in [2.45, 2.75) is 13.5 Å². The highest BCUT2D eigenvalue weighted by atomic mass is 79.9. The van der Waals surface area contributed by atoms with E-state index in [0.29, 0.717) is 0 Å². The molecule has 0 bridgehead atoms. The van der Waals surface area contributed by atoms with Crippen molar-refractivity contribution in [2.24, 2.45) is 0 Å². The Morgan fingerprint density at radius 2 is 2.27 bits per heavy atom. The Balaban J connectivity index is 2.47. The first kappa shape index (κ1) is 12.9. The average Bonchev–Trinajstić information content (AvgIpc) is 2.26. The SMILES string of the molecule is CCSCCOc1ccc(CO)cc1Br. The summed E-state index contributed by atoms with van der Waals surface area (Å²) < 4.78 is 6.49. The van der Waals surface area contributed by atoms with Crippen molar-refractivity contribution in [2.75, 3.05) is 18.1 Å². The van der Waals surface area contributed by atoms with E-state index < -0.39 is 0 Å². The molecule has 0 radical (unpaired) electrons. The molecular formula is C11H15BrO2S. The fraction of sp³-hybridized carbons (Fsp3) is 0.455. The van der Waals surface area contributed by atoms with Crippen LogP contribution in [0.15, 0.2) is 22.7 Å². The van der Waals surface area contributed by atoms with Crippen molar-refractivity contribution < 1.29 is 9.84 Å². The van der Waals surface area contributed by atoms with Crippen LogP contribution in [0.5, 0.6) is 5.75 Å². The predicted molar refractivity (Wildman–Crippen MR) is 68.6 cm³/mol. The van der Waals surface area contributed by atoms with E-state index in [9.17, 15) is 0 Å². The normalized spacial score (nSPS) is 10.3. The Hall–Kier alpha value is -0.190. The zero-order valence-corrected chi connectivity index (χ0v) is 11.1. The van der Waals surface area contributed by atoms with Gasteiger partial charge in [0.1, 0.15) is 5.75 Å². The lowest BCUT2D eigenvalue weighted by molar-refractivity contribution is 0.281. The van der Waals surface area contributed by atoms with Crippen LogP contribution < -0.4 is 4.74 Å². The van der Waals surface area contributed by atoms with Crippen molar-refractivity contribution >= 4 is 27.7 Å². The molecule has 0 saturated heterocycles. The Labute approximate surface area is 103 Å². The zero-order chi connectivity index (χ0) is 11.1. The van der Waals surface area contributed by atoms with Crippen molar-refractivity contribution in [3.63, 3.8) is 0 Å². The van der Waals surface area contributed by atoms with E-state index in [1.807, 2.05) is 30.0 Å². The lowest BCUT2D eigenvalue weighted by Gasteiger charge is -2.08. The van der Waals surface area contributed by atoms with Crippen LogP contribution in [-0.4, -0.2) is 23.2 Å².